The van der Waals surface area contributed by atoms with E-state index in [-0.39, 0.29) is 18.1 Å². The largest absolute Gasteiger partial charge is 0.493 e. The second kappa shape index (κ2) is 7.70. The maximum atomic E-state index is 13.0. The molecule has 2 aromatic carbocycles. The third kappa shape index (κ3) is 3.94. The highest BCUT2D eigenvalue weighted by Gasteiger charge is 2.33. The van der Waals surface area contributed by atoms with Gasteiger partial charge in [-0.05, 0) is 64.3 Å². The van der Waals surface area contributed by atoms with Crippen molar-refractivity contribution in [3.63, 3.8) is 0 Å². The van der Waals surface area contributed by atoms with Crippen LogP contribution in [-0.2, 0) is 11.3 Å². The zero-order valence-electron chi connectivity index (χ0n) is 14.0. The number of urea groups is 1. The first-order valence-corrected chi connectivity index (χ1v) is 8.78. The van der Waals surface area contributed by atoms with Crippen molar-refractivity contribution < 1.29 is 18.7 Å². The number of carbonyl (C=O) groups excluding carboxylic acids is 2. The molecule has 3 rings (SSSR count). The molecule has 1 heterocycles. The van der Waals surface area contributed by atoms with Gasteiger partial charge in [0.25, 0.3) is 5.91 Å². The first kappa shape index (κ1) is 18.1. The second-order valence-corrected chi connectivity index (χ2v) is 6.48. The van der Waals surface area contributed by atoms with Crippen LogP contribution >= 0.6 is 15.9 Å². The van der Waals surface area contributed by atoms with Crippen molar-refractivity contribution in [3.8, 4) is 5.75 Å². The van der Waals surface area contributed by atoms with E-state index in [0.717, 1.165) is 14.9 Å². The third-order valence-electron chi connectivity index (χ3n) is 3.78. The molecule has 0 aliphatic carbocycles. The van der Waals surface area contributed by atoms with Crippen LogP contribution in [-0.4, -0.2) is 23.4 Å². The van der Waals surface area contributed by atoms with Crippen LogP contribution in [0.25, 0.3) is 6.08 Å². The topological polar surface area (TPSA) is 58.6 Å². The van der Waals surface area contributed by atoms with E-state index in [0.29, 0.717) is 17.9 Å². The summed E-state index contributed by atoms with van der Waals surface area (Å²) in [6, 6.07) is 10.6. The molecule has 5 nitrogen and oxygen atoms in total. The van der Waals surface area contributed by atoms with Crippen LogP contribution in [0.2, 0.25) is 0 Å². The Hall–Kier alpha value is -2.67. The molecule has 0 radical (unpaired) electrons. The van der Waals surface area contributed by atoms with Crippen LogP contribution in [0.15, 0.2) is 52.6 Å². The normalized spacial score (nSPS) is 15.5. The van der Waals surface area contributed by atoms with Gasteiger partial charge in [0.15, 0.2) is 0 Å². The number of ether oxygens (including phenoxy) is 1. The van der Waals surface area contributed by atoms with Crippen LogP contribution in [0.1, 0.15) is 18.1 Å². The Morgan fingerprint density at radius 2 is 1.92 bits per heavy atom. The smallest absolute Gasteiger partial charge is 0.329 e. The number of nitrogens with zero attached hydrogens (tertiary/aromatic N) is 1. The van der Waals surface area contributed by atoms with Crippen molar-refractivity contribution in [3.05, 3.63) is 69.6 Å². The van der Waals surface area contributed by atoms with Gasteiger partial charge < -0.3 is 10.1 Å². The van der Waals surface area contributed by atoms with Crippen molar-refractivity contribution in [1.82, 2.24) is 10.2 Å². The number of hydrogen-bond acceptors (Lipinski definition) is 3. The quantitative estimate of drug-likeness (QED) is 0.587. The number of imide groups is 1. The lowest BCUT2D eigenvalue weighted by Crippen LogP contribution is -2.30. The van der Waals surface area contributed by atoms with Crippen molar-refractivity contribution in [2.24, 2.45) is 0 Å². The van der Waals surface area contributed by atoms with Crippen LogP contribution in [0.4, 0.5) is 9.18 Å². The minimum absolute atomic E-state index is 0.0786. The van der Waals surface area contributed by atoms with E-state index in [1.54, 1.807) is 36.4 Å². The molecule has 1 N–H and O–H groups in total. The van der Waals surface area contributed by atoms with Gasteiger partial charge in [0.2, 0.25) is 0 Å². The minimum atomic E-state index is -0.504. The van der Waals surface area contributed by atoms with Gasteiger partial charge >= 0.3 is 6.03 Å². The fourth-order valence-corrected chi connectivity index (χ4v) is 3.04. The summed E-state index contributed by atoms with van der Waals surface area (Å²) >= 11 is 3.42. The number of carbonyl (C=O) groups is 2. The Morgan fingerprint density at radius 1 is 1.19 bits per heavy atom. The van der Waals surface area contributed by atoms with E-state index in [2.05, 4.69) is 21.2 Å². The van der Waals surface area contributed by atoms with Gasteiger partial charge in [-0.2, -0.15) is 0 Å². The number of benzene rings is 2. The van der Waals surface area contributed by atoms with Gasteiger partial charge in [-0.25, -0.2) is 9.18 Å². The number of nitrogens with one attached hydrogen (secondary N) is 1. The van der Waals surface area contributed by atoms with Crippen LogP contribution in [0.3, 0.4) is 0 Å². The van der Waals surface area contributed by atoms with Crippen molar-refractivity contribution in [2.75, 3.05) is 6.61 Å². The second-order valence-electron chi connectivity index (χ2n) is 5.63. The third-order valence-corrected chi connectivity index (χ3v) is 4.40. The highest BCUT2D eigenvalue weighted by atomic mass is 79.9. The Bertz CT molecular complexity index is 881. The Balaban J connectivity index is 1.78. The SMILES string of the molecule is CCOc1ccc(/C=C2/NC(=O)N(Cc3ccc(F)cc3)C2=O)cc1Br. The number of amides is 3. The van der Waals surface area contributed by atoms with E-state index < -0.39 is 11.9 Å². The molecule has 1 fully saturated rings. The standard InChI is InChI=1S/C19H16BrFN2O3/c1-2-26-17-8-5-13(9-15(17)20)10-16-18(24)23(19(25)22-16)11-12-3-6-14(21)7-4-12/h3-10H,2,11H2,1H3,(H,22,25)/b16-10+. The molecular formula is C19H16BrFN2O3. The lowest BCUT2D eigenvalue weighted by Gasteiger charge is -2.11. The Labute approximate surface area is 158 Å². The first-order chi connectivity index (χ1) is 12.5. The van der Waals surface area contributed by atoms with E-state index >= 15 is 0 Å². The first-order valence-electron chi connectivity index (χ1n) is 7.99. The lowest BCUT2D eigenvalue weighted by atomic mass is 10.1. The minimum Gasteiger partial charge on any atom is -0.493 e. The highest BCUT2D eigenvalue weighted by molar-refractivity contribution is 9.10. The lowest BCUT2D eigenvalue weighted by molar-refractivity contribution is -0.123. The molecule has 1 saturated heterocycles. The molecule has 0 aromatic heterocycles. The zero-order valence-corrected chi connectivity index (χ0v) is 15.5. The highest BCUT2D eigenvalue weighted by Crippen LogP contribution is 2.27. The van der Waals surface area contributed by atoms with Gasteiger partial charge in [-0.15, -0.1) is 0 Å². The summed E-state index contributed by atoms with van der Waals surface area (Å²) in [5, 5.41) is 2.57. The van der Waals surface area contributed by atoms with Crippen molar-refractivity contribution in [2.45, 2.75) is 13.5 Å². The number of rotatable bonds is 5. The van der Waals surface area contributed by atoms with Crippen LogP contribution < -0.4 is 10.1 Å². The maximum absolute atomic E-state index is 13.0. The molecule has 7 heteroatoms. The molecule has 0 atom stereocenters. The van der Waals surface area contributed by atoms with Crippen molar-refractivity contribution >= 4 is 33.9 Å². The van der Waals surface area contributed by atoms with Crippen molar-refractivity contribution in [1.29, 1.82) is 0 Å². The van der Waals surface area contributed by atoms with Gasteiger partial charge in [-0.1, -0.05) is 18.2 Å². The molecular weight excluding hydrogens is 403 g/mol. The predicted molar refractivity (Wildman–Crippen MR) is 98.8 cm³/mol. The van der Waals surface area contributed by atoms with Gasteiger partial charge in [0, 0.05) is 0 Å². The molecule has 1 aliphatic heterocycles. The monoisotopic (exact) mass is 418 g/mol. The molecule has 0 saturated carbocycles. The Kier molecular flexibility index (Phi) is 5.37. The molecule has 3 amide bonds. The molecule has 26 heavy (non-hydrogen) atoms. The van der Waals surface area contributed by atoms with E-state index in [9.17, 15) is 14.0 Å². The van der Waals surface area contributed by atoms with Gasteiger partial charge in [0.1, 0.15) is 17.3 Å². The maximum Gasteiger partial charge on any atom is 0.329 e. The summed E-state index contributed by atoms with van der Waals surface area (Å²) in [5.41, 5.74) is 1.60. The summed E-state index contributed by atoms with van der Waals surface area (Å²) in [4.78, 5) is 25.7. The van der Waals surface area contributed by atoms with Gasteiger partial charge in [-0.3, -0.25) is 9.69 Å². The van der Waals surface area contributed by atoms with E-state index in [1.807, 2.05) is 6.92 Å². The van der Waals surface area contributed by atoms with E-state index in [1.165, 1.54) is 12.1 Å². The van der Waals surface area contributed by atoms with Gasteiger partial charge in [0.05, 0.1) is 17.6 Å². The van der Waals surface area contributed by atoms with Crippen LogP contribution in [0.5, 0.6) is 5.75 Å². The molecule has 2 aromatic rings. The van der Waals surface area contributed by atoms with E-state index in [4.69, 9.17) is 4.74 Å². The predicted octanol–water partition coefficient (Wildman–Crippen LogP) is 4.08. The number of hydrogen-bond donors (Lipinski definition) is 1. The molecule has 1 aliphatic rings. The summed E-state index contributed by atoms with van der Waals surface area (Å²) in [5.74, 6) is -0.0914. The molecule has 0 spiro atoms. The fraction of sp³-hybridized carbons (Fsp3) is 0.158. The molecule has 0 bridgehead atoms. The fourth-order valence-electron chi connectivity index (χ4n) is 2.53. The Morgan fingerprint density at radius 3 is 2.58 bits per heavy atom. The average molecular weight is 419 g/mol. The molecule has 134 valence electrons. The summed E-state index contributed by atoms with van der Waals surface area (Å²) < 4.78 is 19.2. The summed E-state index contributed by atoms with van der Waals surface area (Å²) in [6.45, 7) is 2.52. The summed E-state index contributed by atoms with van der Waals surface area (Å²) in [7, 11) is 0. The number of halogens is 2. The zero-order chi connectivity index (χ0) is 18.7. The average Bonchev–Trinajstić information content (AvgIpc) is 2.87. The van der Waals surface area contributed by atoms with Crippen LogP contribution in [0, 0.1) is 5.82 Å². The molecule has 0 unspecified atom stereocenters. The summed E-state index contributed by atoms with van der Waals surface area (Å²) in [6.07, 6.45) is 1.60.